The molecule has 0 aliphatic heterocycles. The minimum Gasteiger partial charge on any atom is -0.382 e. The summed E-state index contributed by atoms with van der Waals surface area (Å²) in [6, 6.07) is 18.5. The van der Waals surface area contributed by atoms with E-state index in [2.05, 4.69) is 0 Å². The van der Waals surface area contributed by atoms with Crippen molar-refractivity contribution in [1.29, 1.82) is 0 Å². The van der Waals surface area contributed by atoms with E-state index >= 15 is 0 Å². The molecule has 0 heterocycles. The van der Waals surface area contributed by atoms with Crippen LogP contribution in [0.25, 0.3) is 0 Å². The van der Waals surface area contributed by atoms with Gasteiger partial charge in [-0.2, -0.15) is 0 Å². The van der Waals surface area contributed by atoms with Gasteiger partial charge in [0.15, 0.2) is 5.78 Å². The lowest BCUT2D eigenvalue weighted by molar-refractivity contribution is -0.0881. The zero-order valence-electron chi connectivity index (χ0n) is 12.6. The number of rotatable bonds is 9. The van der Waals surface area contributed by atoms with Crippen LogP contribution < -0.4 is 0 Å². The van der Waals surface area contributed by atoms with Crippen molar-refractivity contribution in [3.05, 3.63) is 71.8 Å². The molecule has 2 aromatic carbocycles. The van der Waals surface area contributed by atoms with E-state index in [1.54, 1.807) is 19.2 Å². The Kier molecular flexibility index (Phi) is 6.77. The lowest BCUT2D eigenvalue weighted by Crippen LogP contribution is -2.18. The molecule has 0 bridgehead atoms. The number of hydrogen-bond acceptors (Lipinski definition) is 4. The maximum absolute atomic E-state index is 12.7. The van der Waals surface area contributed by atoms with Gasteiger partial charge in [0.05, 0.1) is 13.2 Å². The molecule has 0 amide bonds. The van der Waals surface area contributed by atoms with Crippen molar-refractivity contribution in [3.8, 4) is 0 Å². The molecule has 0 saturated heterocycles. The fourth-order valence-corrected chi connectivity index (χ4v) is 2.02. The number of carbonyl (C=O) groups is 1. The van der Waals surface area contributed by atoms with Crippen molar-refractivity contribution in [2.75, 3.05) is 27.1 Å². The first-order chi connectivity index (χ1) is 10.8. The van der Waals surface area contributed by atoms with Gasteiger partial charge in [-0.1, -0.05) is 60.7 Å². The van der Waals surface area contributed by atoms with Crippen LogP contribution in [0.5, 0.6) is 0 Å². The molecule has 4 nitrogen and oxygen atoms in total. The first kappa shape index (κ1) is 16.4. The Morgan fingerprint density at radius 3 is 2.23 bits per heavy atom. The Morgan fingerprint density at radius 1 is 0.955 bits per heavy atom. The minimum atomic E-state index is -0.675. The zero-order valence-corrected chi connectivity index (χ0v) is 12.6. The topological polar surface area (TPSA) is 44.8 Å². The van der Waals surface area contributed by atoms with Gasteiger partial charge in [-0.3, -0.25) is 4.79 Å². The Labute approximate surface area is 130 Å². The third kappa shape index (κ3) is 4.77. The van der Waals surface area contributed by atoms with Gasteiger partial charge in [0.1, 0.15) is 12.9 Å². The molecule has 22 heavy (non-hydrogen) atoms. The van der Waals surface area contributed by atoms with Crippen molar-refractivity contribution >= 4 is 5.78 Å². The molecule has 0 aliphatic carbocycles. The molecular formula is C18H20O4. The van der Waals surface area contributed by atoms with E-state index in [-0.39, 0.29) is 12.6 Å². The summed E-state index contributed by atoms with van der Waals surface area (Å²) in [6.45, 7) is 0.963. The van der Waals surface area contributed by atoms with Gasteiger partial charge < -0.3 is 14.2 Å². The summed E-state index contributed by atoms with van der Waals surface area (Å²) in [6.07, 6.45) is -0.675. The molecule has 2 aromatic rings. The van der Waals surface area contributed by atoms with Gasteiger partial charge in [0.2, 0.25) is 0 Å². The predicted octanol–water partition coefficient (Wildman–Crippen LogP) is 3.25. The molecule has 116 valence electrons. The molecule has 0 aliphatic rings. The lowest BCUT2D eigenvalue weighted by Gasteiger charge is -2.17. The summed E-state index contributed by atoms with van der Waals surface area (Å²) in [7, 11) is 1.61. The highest BCUT2D eigenvalue weighted by molar-refractivity contribution is 6.00. The van der Waals surface area contributed by atoms with E-state index in [1.165, 1.54) is 0 Å². The van der Waals surface area contributed by atoms with E-state index < -0.39 is 6.10 Å². The number of methoxy groups -OCH3 is 1. The van der Waals surface area contributed by atoms with Crippen LogP contribution in [0.15, 0.2) is 60.7 Å². The van der Waals surface area contributed by atoms with E-state index in [0.29, 0.717) is 18.8 Å². The predicted molar refractivity (Wildman–Crippen MR) is 83.7 cm³/mol. The van der Waals surface area contributed by atoms with Gasteiger partial charge in [-0.05, 0) is 5.56 Å². The van der Waals surface area contributed by atoms with Crippen LogP contribution in [0.2, 0.25) is 0 Å². The maximum Gasteiger partial charge on any atom is 0.196 e. The van der Waals surface area contributed by atoms with E-state index in [0.717, 1.165) is 5.56 Å². The molecule has 0 unspecified atom stereocenters. The average molecular weight is 300 g/mol. The van der Waals surface area contributed by atoms with Crippen LogP contribution in [0.4, 0.5) is 0 Å². The number of ether oxygens (including phenoxy) is 3. The SMILES string of the molecule is COCCOCO[C@H](C(=O)c1ccccc1)c1ccccc1. The van der Waals surface area contributed by atoms with Crippen LogP contribution >= 0.6 is 0 Å². The highest BCUT2D eigenvalue weighted by atomic mass is 16.7. The maximum atomic E-state index is 12.7. The highest BCUT2D eigenvalue weighted by Gasteiger charge is 2.22. The van der Waals surface area contributed by atoms with Gasteiger partial charge in [-0.15, -0.1) is 0 Å². The third-order valence-electron chi connectivity index (χ3n) is 3.15. The molecule has 0 spiro atoms. The number of Topliss-reactive ketones (excluding diaryl/α,β-unsaturated/α-hetero) is 1. The molecule has 0 saturated carbocycles. The Morgan fingerprint density at radius 2 is 1.59 bits per heavy atom. The molecule has 2 rings (SSSR count). The molecule has 0 aromatic heterocycles. The smallest absolute Gasteiger partial charge is 0.196 e. The fraction of sp³-hybridized carbons (Fsp3) is 0.278. The van der Waals surface area contributed by atoms with Crippen LogP contribution in [0.1, 0.15) is 22.0 Å². The zero-order chi connectivity index (χ0) is 15.6. The van der Waals surface area contributed by atoms with Gasteiger partial charge in [0, 0.05) is 12.7 Å². The van der Waals surface area contributed by atoms with Crippen molar-refractivity contribution < 1.29 is 19.0 Å². The second kappa shape index (κ2) is 9.10. The molecule has 0 radical (unpaired) electrons. The summed E-state index contributed by atoms with van der Waals surface area (Å²) < 4.78 is 15.9. The van der Waals surface area contributed by atoms with Gasteiger partial charge >= 0.3 is 0 Å². The Hall–Kier alpha value is -2.01. The quantitative estimate of drug-likeness (QED) is 0.405. The van der Waals surface area contributed by atoms with E-state index in [4.69, 9.17) is 14.2 Å². The molecular weight excluding hydrogens is 280 g/mol. The summed E-state index contributed by atoms with van der Waals surface area (Å²) in [4.78, 5) is 12.7. The van der Waals surface area contributed by atoms with Crippen LogP contribution in [-0.4, -0.2) is 32.9 Å². The van der Waals surface area contributed by atoms with Gasteiger partial charge in [0.25, 0.3) is 0 Å². The summed E-state index contributed by atoms with van der Waals surface area (Å²) >= 11 is 0. The first-order valence-corrected chi connectivity index (χ1v) is 7.15. The molecule has 1 atom stereocenters. The van der Waals surface area contributed by atoms with E-state index in [9.17, 15) is 4.79 Å². The van der Waals surface area contributed by atoms with Crippen molar-refractivity contribution in [1.82, 2.24) is 0 Å². The molecule has 4 heteroatoms. The monoisotopic (exact) mass is 300 g/mol. The number of ketones is 1. The highest BCUT2D eigenvalue weighted by Crippen LogP contribution is 2.22. The Bertz CT molecular complexity index is 554. The lowest BCUT2D eigenvalue weighted by atomic mass is 10.00. The summed E-state index contributed by atoms with van der Waals surface area (Å²) in [5, 5.41) is 0. The normalized spacial score (nSPS) is 12.0. The second-order valence-corrected chi connectivity index (χ2v) is 4.71. The second-order valence-electron chi connectivity index (χ2n) is 4.71. The number of benzene rings is 2. The number of hydrogen-bond donors (Lipinski definition) is 0. The standard InChI is InChI=1S/C18H20O4/c1-20-12-13-21-14-22-18(16-10-6-3-7-11-16)17(19)15-8-4-2-5-9-15/h2-11,18H,12-14H2,1H3/t18-/m0/s1. The average Bonchev–Trinajstić information content (AvgIpc) is 2.59. The van der Waals surface area contributed by atoms with Crippen molar-refractivity contribution in [3.63, 3.8) is 0 Å². The third-order valence-corrected chi connectivity index (χ3v) is 3.15. The molecule has 0 N–H and O–H groups in total. The van der Waals surface area contributed by atoms with Gasteiger partial charge in [-0.25, -0.2) is 0 Å². The van der Waals surface area contributed by atoms with E-state index in [1.807, 2.05) is 48.5 Å². The number of carbonyl (C=O) groups excluding carboxylic acids is 1. The van der Waals surface area contributed by atoms with Crippen LogP contribution in [0.3, 0.4) is 0 Å². The minimum absolute atomic E-state index is 0.0431. The van der Waals surface area contributed by atoms with Crippen LogP contribution in [-0.2, 0) is 14.2 Å². The summed E-state index contributed by atoms with van der Waals surface area (Å²) in [5.74, 6) is -0.0814. The largest absolute Gasteiger partial charge is 0.382 e. The van der Waals surface area contributed by atoms with Crippen LogP contribution in [0, 0.1) is 0 Å². The Balaban J connectivity index is 2.07. The van der Waals surface area contributed by atoms with Crippen molar-refractivity contribution in [2.24, 2.45) is 0 Å². The summed E-state index contributed by atoms with van der Waals surface area (Å²) in [5.41, 5.74) is 1.43. The molecule has 0 fully saturated rings. The van der Waals surface area contributed by atoms with Crippen molar-refractivity contribution in [2.45, 2.75) is 6.10 Å². The first-order valence-electron chi connectivity index (χ1n) is 7.15. The fourth-order valence-electron chi connectivity index (χ4n) is 2.02.